The van der Waals surface area contributed by atoms with Crippen LogP contribution in [0.2, 0.25) is 0 Å². The molecular weight excluding hydrogens is 464 g/mol. The molecule has 4 rings (SSSR count). The summed E-state index contributed by atoms with van der Waals surface area (Å²) >= 11 is 0. The summed E-state index contributed by atoms with van der Waals surface area (Å²) in [6.07, 6.45) is 5.31. The highest BCUT2D eigenvalue weighted by molar-refractivity contribution is 7.89. The summed E-state index contributed by atoms with van der Waals surface area (Å²) in [7, 11) is -2.12. The summed E-state index contributed by atoms with van der Waals surface area (Å²) in [5, 5.41) is 9.79. The number of nitrogens with zero attached hydrogens (tertiary/aromatic N) is 2. The SMILES string of the molecule is C[C@H]1CN([C@@H](C)CO)S(=O)(=O)c2ccc(/C=C/c3ccccc3)cc2O[C@@H]1CN(C)C(=O)C1CC1. The standard InChI is InChI=1S/C27H34N2O5S/c1-19-16-29(20(2)18-30)35(32,33)26-14-11-22(10-9-21-7-5-4-6-8-21)15-24(26)34-25(19)17-28(3)27(31)23-12-13-23/h4-11,14-15,19-20,23,25,30H,12-13,16-18H2,1-3H3/b10-9+/t19-,20-,25+/m0/s1. The molecule has 1 amide bonds. The van der Waals surface area contributed by atoms with Crippen molar-refractivity contribution >= 4 is 28.1 Å². The second-order valence-corrected chi connectivity index (χ2v) is 11.5. The Morgan fingerprint density at radius 1 is 1.17 bits per heavy atom. The molecule has 0 saturated heterocycles. The third-order valence-corrected chi connectivity index (χ3v) is 8.74. The molecule has 2 aromatic rings. The molecule has 1 fully saturated rings. The highest BCUT2D eigenvalue weighted by atomic mass is 32.2. The maximum absolute atomic E-state index is 13.6. The number of carbonyl (C=O) groups excluding carboxylic acids is 1. The van der Waals surface area contributed by atoms with Gasteiger partial charge in [0.1, 0.15) is 16.7 Å². The van der Waals surface area contributed by atoms with Crippen LogP contribution < -0.4 is 4.74 Å². The molecule has 1 saturated carbocycles. The summed E-state index contributed by atoms with van der Waals surface area (Å²) in [6.45, 7) is 3.89. The number of ether oxygens (including phenoxy) is 1. The number of fused-ring (bicyclic) bond motifs is 1. The number of hydrogen-bond acceptors (Lipinski definition) is 5. The number of carbonyl (C=O) groups is 1. The number of amides is 1. The van der Waals surface area contributed by atoms with E-state index in [1.54, 1.807) is 37.1 Å². The van der Waals surface area contributed by atoms with E-state index in [9.17, 15) is 18.3 Å². The molecule has 7 nitrogen and oxygen atoms in total. The lowest BCUT2D eigenvalue weighted by molar-refractivity contribution is -0.132. The molecule has 2 aliphatic rings. The van der Waals surface area contributed by atoms with E-state index in [0.717, 1.165) is 24.0 Å². The first-order valence-corrected chi connectivity index (χ1v) is 13.6. The maximum atomic E-state index is 13.6. The second-order valence-electron chi connectivity index (χ2n) is 9.68. The van der Waals surface area contributed by atoms with E-state index < -0.39 is 22.2 Å². The average molecular weight is 499 g/mol. The Kier molecular flexibility index (Phi) is 7.64. The van der Waals surface area contributed by atoms with Gasteiger partial charge < -0.3 is 14.7 Å². The molecule has 0 bridgehead atoms. The van der Waals surface area contributed by atoms with Crippen LogP contribution in [-0.2, 0) is 14.8 Å². The summed E-state index contributed by atoms with van der Waals surface area (Å²) in [5.74, 6) is 0.261. The van der Waals surface area contributed by atoms with E-state index in [4.69, 9.17) is 4.74 Å². The third kappa shape index (κ3) is 5.77. The predicted molar refractivity (Wildman–Crippen MR) is 136 cm³/mol. The van der Waals surface area contributed by atoms with Gasteiger partial charge in [0.05, 0.1) is 13.2 Å². The van der Waals surface area contributed by atoms with Crippen LogP contribution in [0.3, 0.4) is 0 Å². The van der Waals surface area contributed by atoms with Gasteiger partial charge in [-0.3, -0.25) is 4.79 Å². The molecule has 1 heterocycles. The molecule has 1 aliphatic carbocycles. The first kappa shape index (κ1) is 25.4. The van der Waals surface area contributed by atoms with Gasteiger partial charge in [0.15, 0.2) is 0 Å². The normalized spacial score (nSPS) is 23.1. The number of likely N-dealkylation sites (N-methyl/N-ethyl adjacent to an activating group) is 1. The Hall–Kier alpha value is -2.68. The molecule has 2 aromatic carbocycles. The quantitative estimate of drug-likeness (QED) is 0.591. The maximum Gasteiger partial charge on any atom is 0.247 e. The van der Waals surface area contributed by atoms with Crippen LogP contribution in [0.25, 0.3) is 12.2 Å². The molecule has 0 radical (unpaired) electrons. The predicted octanol–water partition coefficient (Wildman–Crippen LogP) is 3.49. The van der Waals surface area contributed by atoms with Gasteiger partial charge in [-0.25, -0.2) is 8.42 Å². The highest BCUT2D eigenvalue weighted by Gasteiger charge is 2.39. The van der Waals surface area contributed by atoms with Crippen LogP contribution in [0, 0.1) is 11.8 Å². The number of aliphatic hydroxyl groups excluding tert-OH is 1. The fourth-order valence-electron chi connectivity index (χ4n) is 4.32. The number of aliphatic hydroxyl groups is 1. The molecular formula is C27H34N2O5S. The molecule has 8 heteroatoms. The topological polar surface area (TPSA) is 87.2 Å². The summed E-state index contributed by atoms with van der Waals surface area (Å²) in [4.78, 5) is 14.4. The van der Waals surface area contributed by atoms with E-state index in [1.165, 1.54) is 4.31 Å². The zero-order valence-corrected chi connectivity index (χ0v) is 21.3. The van der Waals surface area contributed by atoms with Crippen molar-refractivity contribution in [2.75, 3.05) is 26.7 Å². The zero-order valence-electron chi connectivity index (χ0n) is 20.5. The van der Waals surface area contributed by atoms with Gasteiger partial charge in [0, 0.05) is 31.5 Å². The van der Waals surface area contributed by atoms with Crippen LogP contribution in [0.15, 0.2) is 53.4 Å². The van der Waals surface area contributed by atoms with Crippen LogP contribution in [0.1, 0.15) is 37.8 Å². The van der Waals surface area contributed by atoms with Crippen molar-refractivity contribution in [2.24, 2.45) is 11.8 Å². The molecule has 0 spiro atoms. The lowest BCUT2D eigenvalue weighted by atomic mass is 10.0. The van der Waals surface area contributed by atoms with Gasteiger partial charge in [-0.1, -0.05) is 55.5 Å². The van der Waals surface area contributed by atoms with Crippen molar-refractivity contribution in [3.8, 4) is 5.75 Å². The van der Waals surface area contributed by atoms with Crippen molar-refractivity contribution < 1.29 is 23.1 Å². The lowest BCUT2D eigenvalue weighted by Gasteiger charge is -2.37. The molecule has 35 heavy (non-hydrogen) atoms. The van der Waals surface area contributed by atoms with Crippen LogP contribution >= 0.6 is 0 Å². The smallest absolute Gasteiger partial charge is 0.247 e. The minimum Gasteiger partial charge on any atom is -0.487 e. The Bertz CT molecular complexity index is 1180. The van der Waals surface area contributed by atoms with Crippen LogP contribution in [0.5, 0.6) is 5.75 Å². The summed E-state index contributed by atoms with van der Waals surface area (Å²) < 4.78 is 34.9. The Morgan fingerprint density at radius 3 is 2.51 bits per heavy atom. The van der Waals surface area contributed by atoms with Gasteiger partial charge in [0.2, 0.25) is 15.9 Å². The number of sulfonamides is 1. The van der Waals surface area contributed by atoms with Crippen LogP contribution in [-0.4, -0.2) is 67.5 Å². The summed E-state index contributed by atoms with van der Waals surface area (Å²) in [6, 6.07) is 14.3. The van der Waals surface area contributed by atoms with Gasteiger partial charge >= 0.3 is 0 Å². The number of benzene rings is 2. The largest absolute Gasteiger partial charge is 0.487 e. The Morgan fingerprint density at radius 2 is 1.86 bits per heavy atom. The molecule has 0 aromatic heterocycles. The van der Waals surface area contributed by atoms with E-state index in [0.29, 0.717) is 6.54 Å². The lowest BCUT2D eigenvalue weighted by Crippen LogP contribution is -2.50. The van der Waals surface area contributed by atoms with Crippen molar-refractivity contribution in [3.05, 3.63) is 59.7 Å². The first-order chi connectivity index (χ1) is 16.7. The van der Waals surface area contributed by atoms with Crippen molar-refractivity contribution in [3.63, 3.8) is 0 Å². The minimum absolute atomic E-state index is 0.0720. The molecule has 0 unspecified atom stereocenters. The molecule has 3 atom stereocenters. The van der Waals surface area contributed by atoms with E-state index >= 15 is 0 Å². The van der Waals surface area contributed by atoms with Gasteiger partial charge in [0.25, 0.3) is 0 Å². The summed E-state index contributed by atoms with van der Waals surface area (Å²) in [5.41, 5.74) is 1.83. The van der Waals surface area contributed by atoms with E-state index in [1.807, 2.05) is 49.4 Å². The molecule has 1 N–H and O–H groups in total. The first-order valence-electron chi connectivity index (χ1n) is 12.1. The second kappa shape index (κ2) is 10.5. The van der Waals surface area contributed by atoms with Crippen molar-refractivity contribution in [1.82, 2.24) is 9.21 Å². The van der Waals surface area contributed by atoms with Crippen LogP contribution in [0.4, 0.5) is 0 Å². The molecule has 188 valence electrons. The van der Waals surface area contributed by atoms with Gasteiger partial charge in [-0.2, -0.15) is 4.31 Å². The number of hydrogen-bond donors (Lipinski definition) is 1. The highest BCUT2D eigenvalue weighted by Crippen LogP contribution is 2.35. The fourth-order valence-corrected chi connectivity index (χ4v) is 6.15. The van der Waals surface area contributed by atoms with Crippen molar-refractivity contribution in [1.29, 1.82) is 0 Å². The number of rotatable bonds is 7. The van der Waals surface area contributed by atoms with Gasteiger partial charge in [-0.05, 0) is 43.0 Å². The molecule has 1 aliphatic heterocycles. The third-order valence-electron chi connectivity index (χ3n) is 6.72. The zero-order chi connectivity index (χ0) is 25.2. The average Bonchev–Trinajstić information content (AvgIpc) is 3.70. The fraction of sp³-hybridized carbons (Fsp3) is 0.444. The van der Waals surface area contributed by atoms with E-state index in [-0.39, 0.29) is 41.5 Å². The monoisotopic (exact) mass is 498 g/mol. The Labute approximate surface area is 208 Å². The van der Waals surface area contributed by atoms with Crippen molar-refractivity contribution in [2.45, 2.75) is 43.7 Å². The van der Waals surface area contributed by atoms with Gasteiger partial charge in [-0.15, -0.1) is 0 Å². The van der Waals surface area contributed by atoms with E-state index in [2.05, 4.69) is 0 Å². The Balaban J connectivity index is 1.70. The minimum atomic E-state index is -3.90.